The van der Waals surface area contributed by atoms with Gasteiger partial charge in [0.2, 0.25) is 10.0 Å². The molecule has 1 fully saturated rings. The summed E-state index contributed by atoms with van der Waals surface area (Å²) in [7, 11) is -3.20. The predicted octanol–water partition coefficient (Wildman–Crippen LogP) is 2.10. The van der Waals surface area contributed by atoms with Gasteiger partial charge in [-0.2, -0.15) is 4.31 Å². The lowest BCUT2D eigenvalue weighted by atomic mass is 10.3. The molecule has 2 amide bonds. The van der Waals surface area contributed by atoms with Crippen molar-refractivity contribution in [3.05, 3.63) is 28.2 Å². The second-order valence-electron chi connectivity index (χ2n) is 4.71. The van der Waals surface area contributed by atoms with Crippen LogP contribution in [0.25, 0.3) is 0 Å². The lowest BCUT2D eigenvalue weighted by molar-refractivity contribution is 0.184. The van der Waals surface area contributed by atoms with E-state index in [-0.39, 0.29) is 6.03 Å². The number of carbonyl (C=O) groups excluding carboxylic acids is 1. The fourth-order valence-electron chi connectivity index (χ4n) is 2.00. The SMILES string of the molecule is CS(=O)(=O)N1CCN(C(=O)Nc2ccc(Cl)c(Cl)c2)CC1. The summed E-state index contributed by atoms with van der Waals surface area (Å²) in [4.78, 5) is 13.7. The second kappa shape index (κ2) is 6.39. The van der Waals surface area contributed by atoms with E-state index < -0.39 is 10.0 Å². The van der Waals surface area contributed by atoms with E-state index in [1.54, 1.807) is 23.1 Å². The van der Waals surface area contributed by atoms with E-state index in [0.29, 0.717) is 41.9 Å². The molecule has 6 nitrogen and oxygen atoms in total. The molecule has 0 bridgehead atoms. The second-order valence-corrected chi connectivity index (χ2v) is 7.50. The molecule has 116 valence electrons. The van der Waals surface area contributed by atoms with Gasteiger partial charge in [0.1, 0.15) is 0 Å². The minimum Gasteiger partial charge on any atom is -0.322 e. The fraction of sp³-hybridized carbons (Fsp3) is 0.417. The van der Waals surface area contributed by atoms with Gasteiger partial charge in [0.05, 0.1) is 16.3 Å². The summed E-state index contributed by atoms with van der Waals surface area (Å²) in [6.07, 6.45) is 1.17. The topological polar surface area (TPSA) is 69.7 Å². The van der Waals surface area contributed by atoms with Gasteiger partial charge in [0, 0.05) is 31.9 Å². The molecule has 0 aromatic heterocycles. The van der Waals surface area contributed by atoms with Crippen LogP contribution in [0.4, 0.5) is 10.5 Å². The number of sulfonamides is 1. The predicted molar refractivity (Wildman–Crippen MR) is 83.5 cm³/mol. The maximum Gasteiger partial charge on any atom is 0.321 e. The highest BCUT2D eigenvalue weighted by Crippen LogP contribution is 2.25. The quantitative estimate of drug-likeness (QED) is 0.886. The molecule has 1 aliphatic heterocycles. The summed E-state index contributed by atoms with van der Waals surface area (Å²) in [5.74, 6) is 0. The zero-order valence-electron chi connectivity index (χ0n) is 11.3. The molecular formula is C12H15Cl2N3O3S. The number of nitrogens with zero attached hydrogens (tertiary/aromatic N) is 2. The smallest absolute Gasteiger partial charge is 0.321 e. The van der Waals surface area contributed by atoms with E-state index in [1.807, 2.05) is 0 Å². The first-order valence-electron chi connectivity index (χ1n) is 6.23. The minimum atomic E-state index is -3.20. The molecular weight excluding hydrogens is 337 g/mol. The summed E-state index contributed by atoms with van der Waals surface area (Å²) in [5, 5.41) is 3.48. The summed E-state index contributed by atoms with van der Waals surface area (Å²) in [5.41, 5.74) is 0.542. The van der Waals surface area contributed by atoms with Crippen molar-refractivity contribution in [2.45, 2.75) is 0 Å². The molecule has 0 spiro atoms. The third-order valence-corrected chi connectivity index (χ3v) is 5.21. The molecule has 0 unspecified atom stereocenters. The number of halogens is 2. The highest BCUT2D eigenvalue weighted by Gasteiger charge is 2.26. The van der Waals surface area contributed by atoms with Crippen molar-refractivity contribution in [2.75, 3.05) is 37.8 Å². The zero-order valence-corrected chi connectivity index (χ0v) is 13.7. The van der Waals surface area contributed by atoms with E-state index in [2.05, 4.69) is 5.32 Å². The number of nitrogens with one attached hydrogen (secondary N) is 1. The molecule has 1 aromatic rings. The first kappa shape index (κ1) is 16.4. The van der Waals surface area contributed by atoms with Crippen LogP contribution in [0.2, 0.25) is 10.0 Å². The first-order valence-corrected chi connectivity index (χ1v) is 8.84. The van der Waals surface area contributed by atoms with Crippen molar-refractivity contribution in [1.82, 2.24) is 9.21 Å². The molecule has 9 heteroatoms. The highest BCUT2D eigenvalue weighted by molar-refractivity contribution is 7.88. The van der Waals surface area contributed by atoms with Crippen LogP contribution >= 0.6 is 23.2 Å². The Kier molecular flexibility index (Phi) is 4.98. The van der Waals surface area contributed by atoms with Crippen LogP contribution < -0.4 is 5.32 Å². The van der Waals surface area contributed by atoms with Gasteiger partial charge in [-0.05, 0) is 18.2 Å². The normalized spacial score (nSPS) is 16.8. The average Bonchev–Trinajstić information content (AvgIpc) is 2.42. The van der Waals surface area contributed by atoms with Crippen molar-refractivity contribution in [3.8, 4) is 0 Å². The van der Waals surface area contributed by atoms with Crippen molar-refractivity contribution in [3.63, 3.8) is 0 Å². The number of benzene rings is 1. The molecule has 1 aromatic carbocycles. The Hall–Kier alpha value is -1.02. The van der Waals surface area contributed by atoms with Gasteiger partial charge in [-0.15, -0.1) is 0 Å². The number of rotatable bonds is 2. The third kappa shape index (κ3) is 4.23. The molecule has 21 heavy (non-hydrogen) atoms. The molecule has 1 heterocycles. The van der Waals surface area contributed by atoms with E-state index in [0.717, 1.165) is 0 Å². The van der Waals surface area contributed by atoms with Crippen molar-refractivity contribution in [2.24, 2.45) is 0 Å². The Balaban J connectivity index is 1.95. The van der Waals surface area contributed by atoms with Gasteiger partial charge in [-0.25, -0.2) is 13.2 Å². The van der Waals surface area contributed by atoms with E-state index in [1.165, 1.54) is 10.6 Å². The average molecular weight is 352 g/mol. The largest absolute Gasteiger partial charge is 0.322 e. The number of carbonyl (C=O) groups is 1. The lowest BCUT2D eigenvalue weighted by Crippen LogP contribution is -2.51. The lowest BCUT2D eigenvalue weighted by Gasteiger charge is -2.33. The molecule has 0 aliphatic carbocycles. The van der Waals surface area contributed by atoms with Gasteiger partial charge >= 0.3 is 6.03 Å². The third-order valence-electron chi connectivity index (χ3n) is 3.17. The Morgan fingerprint density at radius 3 is 2.29 bits per heavy atom. The van der Waals surface area contributed by atoms with Gasteiger partial charge in [0.25, 0.3) is 0 Å². The maximum atomic E-state index is 12.1. The van der Waals surface area contributed by atoms with Crippen molar-refractivity contribution >= 4 is 44.9 Å². The monoisotopic (exact) mass is 351 g/mol. The molecule has 1 aliphatic rings. The van der Waals surface area contributed by atoms with Crippen LogP contribution in [0.15, 0.2) is 18.2 Å². The van der Waals surface area contributed by atoms with Crippen LogP contribution in [0.5, 0.6) is 0 Å². The van der Waals surface area contributed by atoms with Crippen LogP contribution in [-0.4, -0.2) is 56.1 Å². The van der Waals surface area contributed by atoms with Crippen LogP contribution in [-0.2, 0) is 10.0 Å². The van der Waals surface area contributed by atoms with E-state index >= 15 is 0 Å². The van der Waals surface area contributed by atoms with Crippen molar-refractivity contribution in [1.29, 1.82) is 0 Å². The van der Waals surface area contributed by atoms with Crippen LogP contribution in [0, 0.1) is 0 Å². The van der Waals surface area contributed by atoms with Gasteiger partial charge in [0.15, 0.2) is 0 Å². The number of amides is 2. The van der Waals surface area contributed by atoms with Gasteiger partial charge < -0.3 is 10.2 Å². The first-order chi connectivity index (χ1) is 9.77. The molecule has 1 saturated heterocycles. The van der Waals surface area contributed by atoms with E-state index in [9.17, 15) is 13.2 Å². The number of anilines is 1. The zero-order chi connectivity index (χ0) is 15.6. The van der Waals surface area contributed by atoms with Crippen molar-refractivity contribution < 1.29 is 13.2 Å². The number of hydrogen-bond acceptors (Lipinski definition) is 3. The molecule has 0 saturated carbocycles. The molecule has 2 rings (SSSR count). The standard InChI is InChI=1S/C12H15Cl2N3O3S/c1-21(19,20)17-6-4-16(5-7-17)12(18)15-9-2-3-10(13)11(14)8-9/h2-3,8H,4-7H2,1H3,(H,15,18). The Morgan fingerprint density at radius 1 is 1.14 bits per heavy atom. The van der Waals surface area contributed by atoms with Gasteiger partial charge in [-0.1, -0.05) is 23.2 Å². The Bertz CT molecular complexity index is 643. The molecule has 0 atom stereocenters. The number of hydrogen-bond donors (Lipinski definition) is 1. The maximum absolute atomic E-state index is 12.1. The van der Waals surface area contributed by atoms with Crippen LogP contribution in [0.3, 0.4) is 0 Å². The summed E-state index contributed by atoms with van der Waals surface area (Å²) in [6.45, 7) is 1.29. The Labute approximate surface area is 133 Å². The van der Waals surface area contributed by atoms with Crippen LogP contribution in [0.1, 0.15) is 0 Å². The fourth-order valence-corrected chi connectivity index (χ4v) is 3.12. The van der Waals surface area contributed by atoms with E-state index in [4.69, 9.17) is 23.2 Å². The highest BCUT2D eigenvalue weighted by atomic mass is 35.5. The number of piperazine rings is 1. The Morgan fingerprint density at radius 2 is 1.76 bits per heavy atom. The minimum absolute atomic E-state index is 0.290. The molecule has 0 radical (unpaired) electrons. The number of urea groups is 1. The molecule has 1 N–H and O–H groups in total. The summed E-state index contributed by atoms with van der Waals surface area (Å²) in [6, 6.07) is 4.52. The van der Waals surface area contributed by atoms with Gasteiger partial charge in [-0.3, -0.25) is 0 Å². The summed E-state index contributed by atoms with van der Waals surface area (Å²) < 4.78 is 24.2. The summed E-state index contributed by atoms with van der Waals surface area (Å²) >= 11 is 11.7.